The molecule has 0 aromatic heterocycles. The summed E-state index contributed by atoms with van der Waals surface area (Å²) in [6.45, 7) is 0.950. The number of aliphatic hydroxyl groups is 1. The van der Waals surface area contributed by atoms with Crippen LogP contribution in [-0.2, 0) is 25.8 Å². The zero-order valence-corrected chi connectivity index (χ0v) is 19.7. The zero-order valence-electron chi connectivity index (χ0n) is 18.9. The molecule has 0 aliphatic carbocycles. The number of benzene rings is 2. The van der Waals surface area contributed by atoms with Crippen molar-refractivity contribution in [3.8, 4) is 5.75 Å². The van der Waals surface area contributed by atoms with Gasteiger partial charge in [0.25, 0.3) is 0 Å². The van der Waals surface area contributed by atoms with Crippen molar-refractivity contribution in [3.05, 3.63) is 60.2 Å². The van der Waals surface area contributed by atoms with Gasteiger partial charge in [0.15, 0.2) is 9.84 Å². The van der Waals surface area contributed by atoms with E-state index in [4.69, 9.17) is 10.5 Å². The van der Waals surface area contributed by atoms with Gasteiger partial charge in [-0.05, 0) is 55.1 Å². The number of esters is 1. The average Bonchev–Trinajstić information content (AvgIpc) is 2.84. The lowest BCUT2D eigenvalue weighted by molar-refractivity contribution is -0.135. The minimum absolute atomic E-state index is 0.0761. The lowest BCUT2D eigenvalue weighted by atomic mass is 9.88. The maximum absolute atomic E-state index is 12.7. The summed E-state index contributed by atoms with van der Waals surface area (Å²) in [4.78, 5) is 24.9. The molecule has 1 heterocycles. The van der Waals surface area contributed by atoms with Crippen molar-refractivity contribution >= 4 is 21.7 Å². The molecule has 10 heteroatoms. The van der Waals surface area contributed by atoms with Crippen LogP contribution in [0.2, 0.25) is 0 Å². The fourth-order valence-electron chi connectivity index (χ4n) is 3.90. The molecule has 0 saturated carbocycles. The first kappa shape index (κ1) is 25.8. The number of β-amino-alcohol motifs (C(OH)–C–C–N with tert-alkyl or cyclic N) is 1. The van der Waals surface area contributed by atoms with Crippen LogP contribution >= 0.6 is 0 Å². The zero-order chi connectivity index (χ0) is 24.6. The predicted molar refractivity (Wildman–Crippen MR) is 127 cm³/mol. The maximum atomic E-state index is 12.7. The summed E-state index contributed by atoms with van der Waals surface area (Å²) >= 11 is 0. The number of rotatable bonds is 10. The van der Waals surface area contributed by atoms with Crippen molar-refractivity contribution in [3.63, 3.8) is 0 Å². The molecule has 184 valence electrons. The number of carbonyl (C=O) groups excluding carboxylic acids is 2. The van der Waals surface area contributed by atoms with Gasteiger partial charge in [0, 0.05) is 13.1 Å². The SMILES string of the molecule is NCC(=O)NCC(=O)Oc1ccc(S(=O)(=O)CCN2CC[C@H](Cc3ccccc3)[C@H](O)C2)cc1. The normalized spacial score (nSPS) is 18.9. The Bertz CT molecular complexity index is 1060. The van der Waals surface area contributed by atoms with Gasteiger partial charge in [0.05, 0.1) is 23.3 Å². The van der Waals surface area contributed by atoms with E-state index < -0.39 is 27.8 Å². The highest BCUT2D eigenvalue weighted by atomic mass is 32.2. The molecule has 2 aromatic rings. The Kier molecular flexibility index (Phi) is 9.17. The first-order valence-corrected chi connectivity index (χ1v) is 12.9. The molecular weight excluding hydrogens is 458 g/mol. The van der Waals surface area contributed by atoms with E-state index in [1.807, 2.05) is 23.1 Å². The van der Waals surface area contributed by atoms with Crippen molar-refractivity contribution in [1.29, 1.82) is 0 Å². The summed E-state index contributed by atoms with van der Waals surface area (Å²) in [7, 11) is -3.54. The Morgan fingerprint density at radius 2 is 1.82 bits per heavy atom. The molecule has 0 spiro atoms. The number of piperidine rings is 1. The Labute approximate surface area is 199 Å². The van der Waals surface area contributed by atoms with Crippen LogP contribution in [0.1, 0.15) is 12.0 Å². The lowest BCUT2D eigenvalue weighted by Crippen LogP contribution is -2.46. The van der Waals surface area contributed by atoms with E-state index in [2.05, 4.69) is 17.4 Å². The van der Waals surface area contributed by atoms with E-state index in [0.717, 1.165) is 19.4 Å². The van der Waals surface area contributed by atoms with Crippen LogP contribution in [0.25, 0.3) is 0 Å². The molecule has 1 fully saturated rings. The average molecular weight is 490 g/mol. The lowest BCUT2D eigenvalue weighted by Gasteiger charge is -2.36. The number of carbonyl (C=O) groups is 2. The van der Waals surface area contributed by atoms with Gasteiger partial charge in [-0.3, -0.25) is 9.69 Å². The molecule has 2 atom stereocenters. The fourth-order valence-corrected chi connectivity index (χ4v) is 5.18. The molecule has 2 aromatic carbocycles. The quantitative estimate of drug-likeness (QED) is 0.321. The molecular formula is C24H31N3O6S. The Hall–Kier alpha value is -2.79. The summed E-state index contributed by atoms with van der Waals surface area (Å²) in [5.41, 5.74) is 6.34. The van der Waals surface area contributed by atoms with Crippen LogP contribution in [-0.4, -0.2) is 74.9 Å². The predicted octanol–water partition coefficient (Wildman–Crippen LogP) is 0.366. The molecule has 1 amide bonds. The highest BCUT2D eigenvalue weighted by Crippen LogP contribution is 2.23. The molecule has 4 N–H and O–H groups in total. The van der Waals surface area contributed by atoms with Crippen LogP contribution in [0, 0.1) is 5.92 Å². The van der Waals surface area contributed by atoms with Gasteiger partial charge >= 0.3 is 5.97 Å². The molecule has 1 aliphatic heterocycles. The van der Waals surface area contributed by atoms with Gasteiger partial charge in [-0.15, -0.1) is 0 Å². The van der Waals surface area contributed by atoms with Crippen LogP contribution in [0.15, 0.2) is 59.5 Å². The molecule has 0 unspecified atom stereocenters. The Morgan fingerprint density at radius 1 is 1.12 bits per heavy atom. The fraction of sp³-hybridized carbons (Fsp3) is 0.417. The number of likely N-dealkylation sites (tertiary alicyclic amines) is 1. The van der Waals surface area contributed by atoms with E-state index in [1.165, 1.54) is 29.8 Å². The number of nitrogens with two attached hydrogens (primary N) is 1. The first-order chi connectivity index (χ1) is 16.3. The van der Waals surface area contributed by atoms with Crippen molar-refractivity contribution in [2.45, 2.75) is 23.8 Å². The van der Waals surface area contributed by atoms with Gasteiger partial charge in [0.2, 0.25) is 5.91 Å². The Morgan fingerprint density at radius 3 is 2.47 bits per heavy atom. The van der Waals surface area contributed by atoms with Crippen LogP contribution in [0.3, 0.4) is 0 Å². The van der Waals surface area contributed by atoms with E-state index >= 15 is 0 Å². The molecule has 34 heavy (non-hydrogen) atoms. The van der Waals surface area contributed by atoms with E-state index in [1.54, 1.807) is 0 Å². The third-order valence-electron chi connectivity index (χ3n) is 5.85. The van der Waals surface area contributed by atoms with Crippen molar-refractivity contribution in [1.82, 2.24) is 10.2 Å². The van der Waals surface area contributed by atoms with Gasteiger partial charge in [-0.25, -0.2) is 13.2 Å². The van der Waals surface area contributed by atoms with E-state index in [-0.39, 0.29) is 35.4 Å². The van der Waals surface area contributed by atoms with E-state index in [0.29, 0.717) is 13.1 Å². The Balaban J connectivity index is 1.46. The number of amides is 1. The second-order valence-corrected chi connectivity index (χ2v) is 10.5. The topological polar surface area (TPSA) is 139 Å². The van der Waals surface area contributed by atoms with Crippen LogP contribution < -0.4 is 15.8 Å². The summed E-state index contributed by atoms with van der Waals surface area (Å²) in [5.74, 6) is -0.908. The van der Waals surface area contributed by atoms with Crippen LogP contribution in [0.5, 0.6) is 5.75 Å². The molecule has 0 radical (unpaired) electrons. The monoisotopic (exact) mass is 489 g/mol. The van der Waals surface area contributed by atoms with Crippen molar-refractivity contribution in [2.24, 2.45) is 11.7 Å². The smallest absolute Gasteiger partial charge is 0.330 e. The van der Waals surface area contributed by atoms with E-state index in [9.17, 15) is 23.1 Å². The number of hydrogen-bond donors (Lipinski definition) is 3. The number of aliphatic hydroxyl groups excluding tert-OH is 1. The number of nitrogens with zero attached hydrogens (tertiary/aromatic N) is 1. The van der Waals surface area contributed by atoms with Gasteiger partial charge in [-0.2, -0.15) is 0 Å². The van der Waals surface area contributed by atoms with Gasteiger partial charge in [-0.1, -0.05) is 30.3 Å². The van der Waals surface area contributed by atoms with Crippen molar-refractivity contribution < 1.29 is 27.9 Å². The summed E-state index contributed by atoms with van der Waals surface area (Å²) in [5, 5.41) is 12.9. The van der Waals surface area contributed by atoms with Gasteiger partial charge < -0.3 is 20.9 Å². The minimum atomic E-state index is -3.54. The maximum Gasteiger partial charge on any atom is 0.330 e. The largest absolute Gasteiger partial charge is 0.425 e. The molecule has 1 saturated heterocycles. The number of ether oxygens (including phenoxy) is 1. The molecule has 1 aliphatic rings. The molecule has 9 nitrogen and oxygen atoms in total. The summed E-state index contributed by atoms with van der Waals surface area (Å²) in [6, 6.07) is 15.6. The van der Waals surface area contributed by atoms with Gasteiger partial charge in [0.1, 0.15) is 12.3 Å². The number of sulfone groups is 1. The third kappa shape index (κ3) is 7.63. The standard InChI is InChI=1S/C24H31N3O6S/c25-15-23(29)26-16-24(30)33-20-6-8-21(9-7-20)34(31,32)13-12-27-11-10-19(22(28)17-27)14-18-4-2-1-3-5-18/h1-9,19,22,28H,10-17,25H2,(H,26,29)/t19-,22-/m1/s1. The van der Waals surface area contributed by atoms with Crippen molar-refractivity contribution in [2.75, 3.05) is 38.5 Å². The minimum Gasteiger partial charge on any atom is -0.425 e. The molecule has 3 rings (SSSR count). The first-order valence-electron chi connectivity index (χ1n) is 11.2. The second-order valence-electron chi connectivity index (χ2n) is 8.35. The summed E-state index contributed by atoms with van der Waals surface area (Å²) in [6.07, 6.45) is 1.12. The number of hydrogen-bond acceptors (Lipinski definition) is 8. The highest BCUT2D eigenvalue weighted by Gasteiger charge is 2.28. The highest BCUT2D eigenvalue weighted by molar-refractivity contribution is 7.91. The molecule has 0 bridgehead atoms. The second kappa shape index (κ2) is 12.1. The third-order valence-corrected chi connectivity index (χ3v) is 7.56. The summed E-state index contributed by atoms with van der Waals surface area (Å²) < 4.78 is 30.6. The number of nitrogens with one attached hydrogen (secondary N) is 1. The van der Waals surface area contributed by atoms with Crippen LogP contribution in [0.4, 0.5) is 0 Å².